The van der Waals surface area contributed by atoms with Crippen LogP contribution in [-0.4, -0.2) is 17.7 Å². The molecule has 4 nitrogen and oxygen atoms in total. The number of carbonyl (C=O) groups is 2. The number of ether oxygens (including phenoxy) is 1. The maximum Gasteiger partial charge on any atom is 0.408 e. The topological polar surface area (TPSA) is 55.4 Å². The third kappa shape index (κ3) is 3.79. The summed E-state index contributed by atoms with van der Waals surface area (Å²) in [6.45, 7) is 6.42. The van der Waals surface area contributed by atoms with Crippen LogP contribution in [0.25, 0.3) is 0 Å². The highest BCUT2D eigenvalue weighted by molar-refractivity contribution is 5.85. The lowest BCUT2D eigenvalue weighted by molar-refractivity contribution is -0.140. The number of halogens is 1. The third-order valence-electron chi connectivity index (χ3n) is 3.46. The first kappa shape index (κ1) is 16.1. The summed E-state index contributed by atoms with van der Waals surface area (Å²) >= 11 is 0. The summed E-state index contributed by atoms with van der Waals surface area (Å²) in [5.74, 6) is 0. The van der Waals surface area contributed by atoms with E-state index in [0.717, 1.165) is 5.56 Å². The lowest BCUT2D eigenvalue weighted by Crippen LogP contribution is -2.59. The Kier molecular flexibility index (Phi) is 4.87. The molecule has 1 amide bonds. The zero-order valence-electron chi connectivity index (χ0n) is 12.2. The van der Waals surface area contributed by atoms with Crippen molar-refractivity contribution in [2.75, 3.05) is 0 Å². The standard InChI is InChI=1S/C15H20FNO3/c1-14(2,3)15(4,12(16)18)17-13(19)20-10-11-8-6-5-7-9-11/h5-9H,10H2,1-4H3,(H,17,19). The smallest absolute Gasteiger partial charge is 0.408 e. The number of carbonyl (C=O) groups excluding carboxylic acids is 2. The molecule has 1 aromatic rings. The van der Waals surface area contributed by atoms with Crippen LogP contribution in [0.2, 0.25) is 0 Å². The van der Waals surface area contributed by atoms with Gasteiger partial charge in [-0.15, -0.1) is 0 Å². The Labute approximate surface area is 118 Å². The second-order valence-electron chi connectivity index (χ2n) is 5.84. The van der Waals surface area contributed by atoms with E-state index in [1.54, 1.807) is 32.9 Å². The van der Waals surface area contributed by atoms with Gasteiger partial charge in [-0.3, -0.25) is 4.79 Å². The molecule has 110 valence electrons. The molecule has 20 heavy (non-hydrogen) atoms. The molecule has 1 aromatic carbocycles. The second-order valence-corrected chi connectivity index (χ2v) is 5.84. The van der Waals surface area contributed by atoms with Gasteiger partial charge in [0.25, 0.3) is 0 Å². The van der Waals surface area contributed by atoms with Gasteiger partial charge in [0, 0.05) is 0 Å². The highest BCUT2D eigenvalue weighted by Crippen LogP contribution is 2.31. The molecule has 0 saturated carbocycles. The van der Waals surface area contributed by atoms with Gasteiger partial charge >= 0.3 is 12.1 Å². The van der Waals surface area contributed by atoms with Gasteiger partial charge in [-0.05, 0) is 17.9 Å². The van der Waals surface area contributed by atoms with Gasteiger partial charge in [-0.1, -0.05) is 51.1 Å². The summed E-state index contributed by atoms with van der Waals surface area (Å²) in [6.07, 6.45) is -0.822. The van der Waals surface area contributed by atoms with E-state index < -0.39 is 23.1 Å². The minimum absolute atomic E-state index is 0.0629. The van der Waals surface area contributed by atoms with Crippen LogP contribution >= 0.6 is 0 Å². The summed E-state index contributed by atoms with van der Waals surface area (Å²) < 4.78 is 18.3. The van der Waals surface area contributed by atoms with Crippen LogP contribution in [-0.2, 0) is 16.1 Å². The predicted molar refractivity (Wildman–Crippen MR) is 73.7 cm³/mol. The third-order valence-corrected chi connectivity index (χ3v) is 3.46. The number of alkyl carbamates (subject to hydrolysis) is 1. The largest absolute Gasteiger partial charge is 0.445 e. The Morgan fingerprint density at radius 2 is 1.70 bits per heavy atom. The maximum absolute atomic E-state index is 13.3. The lowest BCUT2D eigenvalue weighted by Gasteiger charge is -2.37. The van der Waals surface area contributed by atoms with Crippen LogP contribution in [0.5, 0.6) is 0 Å². The molecular formula is C15H20FNO3. The predicted octanol–water partition coefficient (Wildman–Crippen LogP) is 3.21. The fourth-order valence-corrected chi connectivity index (χ4v) is 1.49. The fourth-order valence-electron chi connectivity index (χ4n) is 1.49. The van der Waals surface area contributed by atoms with E-state index in [2.05, 4.69) is 5.32 Å². The molecule has 0 fully saturated rings. The molecule has 1 N–H and O–H groups in total. The van der Waals surface area contributed by atoms with Crippen molar-refractivity contribution in [1.29, 1.82) is 0 Å². The molecule has 0 spiro atoms. The molecule has 1 atom stereocenters. The average molecular weight is 281 g/mol. The van der Waals surface area contributed by atoms with Crippen LogP contribution in [0, 0.1) is 5.41 Å². The van der Waals surface area contributed by atoms with Crippen molar-refractivity contribution in [2.24, 2.45) is 5.41 Å². The first-order chi connectivity index (χ1) is 9.17. The van der Waals surface area contributed by atoms with Crippen LogP contribution in [0.1, 0.15) is 33.3 Å². The molecular weight excluding hydrogens is 261 g/mol. The van der Waals surface area contributed by atoms with Crippen molar-refractivity contribution in [3.05, 3.63) is 35.9 Å². The second kappa shape index (κ2) is 6.03. The van der Waals surface area contributed by atoms with Crippen LogP contribution in [0.4, 0.5) is 9.18 Å². The van der Waals surface area contributed by atoms with Gasteiger partial charge in [0.2, 0.25) is 0 Å². The minimum Gasteiger partial charge on any atom is -0.445 e. The maximum atomic E-state index is 13.3. The van der Waals surface area contributed by atoms with Crippen molar-refractivity contribution in [2.45, 2.75) is 39.8 Å². The summed E-state index contributed by atoms with van der Waals surface area (Å²) in [5, 5.41) is 2.32. The van der Waals surface area contributed by atoms with Crippen LogP contribution < -0.4 is 5.32 Å². The van der Waals surface area contributed by atoms with E-state index in [-0.39, 0.29) is 6.61 Å². The molecule has 0 aliphatic heterocycles. The molecule has 0 aliphatic carbocycles. The highest BCUT2D eigenvalue weighted by atomic mass is 19.1. The summed E-state index contributed by atoms with van der Waals surface area (Å²) in [5.41, 5.74) is -1.59. The van der Waals surface area contributed by atoms with Gasteiger partial charge in [-0.25, -0.2) is 4.79 Å². The van der Waals surface area contributed by atoms with Crippen LogP contribution in [0.15, 0.2) is 30.3 Å². The van der Waals surface area contributed by atoms with E-state index in [4.69, 9.17) is 4.74 Å². The molecule has 5 heteroatoms. The zero-order valence-corrected chi connectivity index (χ0v) is 12.2. The number of hydrogen-bond acceptors (Lipinski definition) is 3. The van der Waals surface area contributed by atoms with Gasteiger partial charge < -0.3 is 10.1 Å². The van der Waals surface area contributed by atoms with Crippen molar-refractivity contribution in [3.63, 3.8) is 0 Å². The number of rotatable bonds is 4. The van der Waals surface area contributed by atoms with E-state index in [0.29, 0.717) is 0 Å². The number of nitrogens with one attached hydrogen (secondary N) is 1. The number of amides is 1. The Hall–Kier alpha value is -1.91. The average Bonchev–Trinajstić information content (AvgIpc) is 2.36. The normalized spacial score (nSPS) is 14.2. The minimum atomic E-state index is -1.62. The zero-order chi connectivity index (χ0) is 15.4. The first-order valence-electron chi connectivity index (χ1n) is 6.35. The SMILES string of the molecule is CC(C)(C)C(C)(NC(=O)OCc1ccccc1)C(=O)F. The Morgan fingerprint density at radius 1 is 1.15 bits per heavy atom. The molecule has 0 bridgehead atoms. The van der Waals surface area contributed by atoms with Crippen molar-refractivity contribution in [1.82, 2.24) is 5.32 Å². The highest BCUT2D eigenvalue weighted by Gasteiger charge is 2.46. The van der Waals surface area contributed by atoms with Crippen molar-refractivity contribution >= 4 is 12.1 Å². The van der Waals surface area contributed by atoms with Crippen molar-refractivity contribution < 1.29 is 18.7 Å². The Balaban J connectivity index is 2.67. The monoisotopic (exact) mass is 281 g/mol. The van der Waals surface area contributed by atoms with Gasteiger partial charge in [0.15, 0.2) is 0 Å². The molecule has 0 saturated heterocycles. The quantitative estimate of drug-likeness (QED) is 0.862. The molecule has 1 unspecified atom stereocenters. The molecule has 0 aliphatic rings. The van der Waals surface area contributed by atoms with E-state index in [9.17, 15) is 14.0 Å². The number of hydrogen-bond donors (Lipinski definition) is 1. The van der Waals surface area contributed by atoms with Gasteiger partial charge in [-0.2, -0.15) is 4.39 Å². The fraction of sp³-hybridized carbons (Fsp3) is 0.467. The van der Waals surface area contributed by atoms with E-state index in [1.807, 2.05) is 18.2 Å². The van der Waals surface area contributed by atoms with Crippen molar-refractivity contribution in [3.8, 4) is 0 Å². The van der Waals surface area contributed by atoms with Gasteiger partial charge in [0.05, 0.1) is 0 Å². The summed E-state index contributed by atoms with van der Waals surface area (Å²) in [4.78, 5) is 22.9. The van der Waals surface area contributed by atoms with E-state index in [1.165, 1.54) is 6.92 Å². The summed E-state index contributed by atoms with van der Waals surface area (Å²) in [6, 6.07) is 7.50. The molecule has 0 heterocycles. The van der Waals surface area contributed by atoms with Gasteiger partial charge in [0.1, 0.15) is 12.1 Å². The summed E-state index contributed by atoms with van der Waals surface area (Å²) in [7, 11) is 0. The van der Waals surface area contributed by atoms with E-state index >= 15 is 0 Å². The van der Waals surface area contributed by atoms with Crippen LogP contribution in [0.3, 0.4) is 0 Å². The Morgan fingerprint density at radius 3 is 2.15 bits per heavy atom. The number of benzene rings is 1. The molecule has 0 aromatic heterocycles. The lowest BCUT2D eigenvalue weighted by atomic mass is 9.75. The first-order valence-corrected chi connectivity index (χ1v) is 6.35. The molecule has 0 radical (unpaired) electrons. The Bertz CT molecular complexity index is 482. The molecule has 1 rings (SSSR count).